The molecule has 2 saturated heterocycles. The summed E-state index contributed by atoms with van der Waals surface area (Å²) in [4.78, 5) is 23.7. The molecule has 3 aliphatic heterocycles. The normalized spacial score (nSPS) is 17.2. The van der Waals surface area contributed by atoms with E-state index in [1.165, 1.54) is 6.07 Å². The number of thioether (sulfide) groups is 1. The molecule has 0 amide bonds. The van der Waals surface area contributed by atoms with Gasteiger partial charge < -0.3 is 15.4 Å². The van der Waals surface area contributed by atoms with Crippen LogP contribution in [0.3, 0.4) is 0 Å². The first-order chi connectivity index (χ1) is 28.0. The van der Waals surface area contributed by atoms with Crippen LogP contribution in [0.5, 0.6) is 6.01 Å². The van der Waals surface area contributed by atoms with Gasteiger partial charge in [0.15, 0.2) is 5.82 Å². The van der Waals surface area contributed by atoms with Crippen LogP contribution >= 0.6 is 11.8 Å². The molecule has 2 aromatic carbocycles. The van der Waals surface area contributed by atoms with Gasteiger partial charge in [0.25, 0.3) is 0 Å². The van der Waals surface area contributed by atoms with Crippen molar-refractivity contribution in [2.75, 3.05) is 44.4 Å². The van der Waals surface area contributed by atoms with E-state index in [1.807, 2.05) is 26.0 Å². The summed E-state index contributed by atoms with van der Waals surface area (Å²) in [7, 11) is 0. The van der Waals surface area contributed by atoms with E-state index >= 15 is 4.39 Å². The molecule has 15 heteroatoms. The molecule has 0 saturated carbocycles. The van der Waals surface area contributed by atoms with E-state index in [1.54, 1.807) is 18.4 Å². The summed E-state index contributed by atoms with van der Waals surface area (Å²) in [6.07, 6.45) is 11.8. The maximum absolute atomic E-state index is 16.9. The first-order valence-corrected chi connectivity index (χ1v) is 21.1. The fourth-order valence-electron chi connectivity index (χ4n) is 8.10. The minimum absolute atomic E-state index is 0.00425. The number of rotatable bonds is 9. The zero-order chi connectivity index (χ0) is 41.5. The molecule has 0 radical (unpaired) electrons. The average molecular weight is 821 g/mol. The molecule has 0 spiro atoms. The molecule has 5 aromatic rings. The van der Waals surface area contributed by atoms with E-state index in [2.05, 4.69) is 38.3 Å². The minimum Gasteiger partial charge on any atom is -0.461 e. The van der Waals surface area contributed by atoms with Crippen molar-refractivity contribution >= 4 is 39.3 Å². The van der Waals surface area contributed by atoms with Gasteiger partial charge in [-0.1, -0.05) is 51.0 Å². The van der Waals surface area contributed by atoms with Gasteiger partial charge in [0.05, 0.1) is 27.2 Å². The quantitative estimate of drug-likeness (QED) is 0.0492. The van der Waals surface area contributed by atoms with Crippen molar-refractivity contribution in [2.45, 2.75) is 94.9 Å². The van der Waals surface area contributed by atoms with Gasteiger partial charge in [0.1, 0.15) is 41.5 Å². The summed E-state index contributed by atoms with van der Waals surface area (Å²) >= 11 is 1.15. The Morgan fingerprint density at radius 2 is 1.81 bits per heavy atom. The Hall–Kier alpha value is -4.65. The first kappa shape index (κ1) is 42.9. The van der Waals surface area contributed by atoms with Crippen LogP contribution in [0, 0.1) is 24.0 Å². The number of fused-ring (bicyclic) bond motifs is 2. The second-order valence-corrected chi connectivity index (χ2v) is 15.2. The van der Waals surface area contributed by atoms with E-state index < -0.39 is 23.5 Å². The minimum atomic E-state index is -4.38. The molecule has 0 aliphatic carbocycles. The summed E-state index contributed by atoms with van der Waals surface area (Å²) in [6.45, 7) is 10.5. The number of hydrogen-bond donors (Lipinski definition) is 2. The number of nitrogens with one attached hydrogen (secondary N) is 2. The summed E-state index contributed by atoms with van der Waals surface area (Å²) < 4.78 is 74.1. The number of hydrogen-bond acceptors (Lipinski definition) is 10. The van der Waals surface area contributed by atoms with Crippen LogP contribution in [0.25, 0.3) is 32.9 Å². The van der Waals surface area contributed by atoms with Gasteiger partial charge in [-0.3, -0.25) is 4.90 Å². The Balaban J connectivity index is 0.000000347. The number of aromatic nitrogens is 5. The Kier molecular flexibility index (Phi) is 14.0. The molecule has 8 rings (SSSR count). The number of benzene rings is 2. The molecule has 1 unspecified atom stereocenters. The van der Waals surface area contributed by atoms with Crippen LogP contribution in [-0.4, -0.2) is 80.4 Å². The summed E-state index contributed by atoms with van der Waals surface area (Å²) in [5, 5.41) is 9.17. The monoisotopic (exact) mass is 820 g/mol. The van der Waals surface area contributed by atoms with Crippen molar-refractivity contribution in [3.05, 3.63) is 71.3 Å². The second-order valence-electron chi connectivity index (χ2n) is 14.4. The maximum atomic E-state index is 16.9. The van der Waals surface area contributed by atoms with Gasteiger partial charge >= 0.3 is 12.2 Å². The summed E-state index contributed by atoms with van der Waals surface area (Å²) in [5.74, 6) is 1.90. The number of aryl methyl sites for hydroxylation is 1. The van der Waals surface area contributed by atoms with Crippen molar-refractivity contribution in [2.24, 2.45) is 0 Å². The van der Waals surface area contributed by atoms with E-state index in [-0.39, 0.29) is 34.4 Å². The van der Waals surface area contributed by atoms with Crippen LogP contribution < -0.4 is 15.4 Å². The van der Waals surface area contributed by atoms with E-state index in [9.17, 15) is 17.6 Å². The zero-order valence-corrected chi connectivity index (χ0v) is 34.1. The highest BCUT2D eigenvalue weighted by Gasteiger charge is 2.45. The lowest BCUT2D eigenvalue weighted by molar-refractivity contribution is -0.141. The lowest BCUT2D eigenvalue weighted by Gasteiger charge is -2.31. The van der Waals surface area contributed by atoms with E-state index in [4.69, 9.17) is 26.1 Å². The van der Waals surface area contributed by atoms with E-state index in [0.717, 1.165) is 95.3 Å². The molecule has 2 N–H and O–H groups in total. The highest BCUT2D eigenvalue weighted by Crippen LogP contribution is 2.41. The van der Waals surface area contributed by atoms with Gasteiger partial charge in [-0.2, -0.15) is 23.1 Å². The molecule has 2 fully saturated rings. The molecule has 1 atom stereocenters. The van der Waals surface area contributed by atoms with Crippen LogP contribution in [-0.2, 0) is 12.6 Å². The predicted octanol–water partition coefficient (Wildman–Crippen LogP) is 9.47. The van der Waals surface area contributed by atoms with Crippen molar-refractivity contribution < 1.29 is 26.7 Å². The fourth-order valence-corrected chi connectivity index (χ4v) is 8.48. The molecule has 0 bridgehead atoms. The van der Waals surface area contributed by atoms with Gasteiger partial charge in [0, 0.05) is 29.6 Å². The van der Waals surface area contributed by atoms with E-state index in [0.29, 0.717) is 51.3 Å². The lowest BCUT2D eigenvalue weighted by Crippen LogP contribution is -2.43. The summed E-state index contributed by atoms with van der Waals surface area (Å²) in [6, 6.07) is 9.60. The molecule has 3 aromatic heterocycles. The topological polar surface area (TPSA) is 101 Å². The SMILES string of the molecule is C#Cc1c(F)ccc2cccc(-c3nc4c5c(nc(OCC67CCCN6CCC7)nc5c3F)NC(CNCCC)CCC4)c12.CC.CSc1cc(C(F)(F)F)ncn1. The molecule has 58 heavy (non-hydrogen) atoms. The molecule has 3 aliphatic rings. The van der Waals surface area contributed by atoms with Gasteiger partial charge in [0.2, 0.25) is 0 Å². The number of anilines is 1. The van der Waals surface area contributed by atoms with Crippen LogP contribution in [0.2, 0.25) is 0 Å². The Labute approximate surface area is 340 Å². The van der Waals surface area contributed by atoms with Crippen LogP contribution in [0.4, 0.5) is 27.8 Å². The average Bonchev–Trinajstić information content (AvgIpc) is 3.82. The summed E-state index contributed by atoms with van der Waals surface area (Å²) in [5.41, 5.74) is 0.595. The van der Waals surface area contributed by atoms with Crippen molar-refractivity contribution in [1.82, 2.24) is 35.1 Å². The highest BCUT2D eigenvalue weighted by atomic mass is 32.2. The molecule has 308 valence electrons. The predicted molar refractivity (Wildman–Crippen MR) is 220 cm³/mol. The van der Waals surface area contributed by atoms with Crippen molar-refractivity contribution in [1.29, 1.82) is 0 Å². The third-order valence-corrected chi connectivity index (χ3v) is 11.4. The number of ether oxygens (including phenoxy) is 1. The number of pyridine rings is 1. The smallest absolute Gasteiger partial charge is 0.433 e. The fraction of sp³-hybridized carbons (Fsp3) is 0.465. The standard InChI is InChI=1S/C35H38F2N6O.C6H5F3N2S.C2H6/c1-3-17-38-20-23-10-6-12-27-29-32(41-34(42-33(29)39-23)44-21-35-15-7-18-43(35)19-8-16-35)30(37)31(40-27)25-11-5-9-22-13-14-26(36)24(4-2)28(22)25;1-12-5-2-4(6(7,8)9)10-3-11-5;1-2/h2,5,9,11,13-14,23,38H,3,6-8,10,12,15-21H2,1H3,(H,39,41,42);2-3H,1H3;1-2H3. The van der Waals surface area contributed by atoms with Gasteiger partial charge in [-0.25, -0.2) is 23.7 Å². The first-order valence-electron chi connectivity index (χ1n) is 19.9. The van der Waals surface area contributed by atoms with Crippen LogP contribution in [0.15, 0.2) is 47.8 Å². The molecular formula is C43H49F5N8OS. The number of terminal acetylenes is 1. The highest BCUT2D eigenvalue weighted by molar-refractivity contribution is 7.98. The van der Waals surface area contributed by atoms with Crippen molar-refractivity contribution in [3.63, 3.8) is 0 Å². The largest absolute Gasteiger partial charge is 0.461 e. The number of nitrogens with zero attached hydrogens (tertiary/aromatic N) is 6. The third kappa shape index (κ3) is 9.14. The van der Waals surface area contributed by atoms with Gasteiger partial charge in [-0.05, 0) is 88.7 Å². The molecule has 9 nitrogen and oxygen atoms in total. The number of halogens is 5. The Morgan fingerprint density at radius 3 is 2.52 bits per heavy atom. The zero-order valence-electron chi connectivity index (χ0n) is 33.3. The Bertz CT molecular complexity index is 2260. The molecule has 6 heterocycles. The van der Waals surface area contributed by atoms with Crippen LogP contribution in [0.1, 0.15) is 82.7 Å². The number of alkyl halides is 3. The van der Waals surface area contributed by atoms with Crippen molar-refractivity contribution in [3.8, 4) is 29.6 Å². The maximum Gasteiger partial charge on any atom is 0.433 e. The Morgan fingerprint density at radius 1 is 1.03 bits per heavy atom. The second kappa shape index (κ2) is 18.9. The van der Waals surface area contributed by atoms with Gasteiger partial charge in [-0.15, -0.1) is 18.2 Å². The third-order valence-electron chi connectivity index (χ3n) is 10.8. The lowest BCUT2D eigenvalue weighted by atomic mass is 9.95. The molecular weight excluding hydrogens is 772 g/mol.